The summed E-state index contributed by atoms with van der Waals surface area (Å²) in [5.41, 5.74) is 1.33. The summed E-state index contributed by atoms with van der Waals surface area (Å²) in [5, 5.41) is 3.40. The molecule has 2 rings (SSSR count). The fourth-order valence-corrected chi connectivity index (χ4v) is 2.61. The van der Waals surface area contributed by atoms with Gasteiger partial charge in [0, 0.05) is 6.54 Å². The van der Waals surface area contributed by atoms with Crippen LogP contribution in [0.15, 0.2) is 23.9 Å². The molecule has 0 unspecified atom stereocenters. The molecular formula is C18H24N2O3S. The van der Waals surface area contributed by atoms with Crippen molar-refractivity contribution in [3.05, 3.63) is 29.5 Å². The number of hydrogen-bond acceptors (Lipinski definition) is 4. The van der Waals surface area contributed by atoms with Gasteiger partial charge in [-0.25, -0.2) is 0 Å². The molecule has 1 aliphatic rings. The van der Waals surface area contributed by atoms with E-state index < -0.39 is 0 Å². The van der Waals surface area contributed by atoms with E-state index in [9.17, 15) is 4.79 Å². The molecule has 1 aliphatic heterocycles. The Bertz CT molecular complexity index is 656. The van der Waals surface area contributed by atoms with Crippen LogP contribution in [0.5, 0.6) is 11.5 Å². The number of thiocarbonyl (C=S) groups is 1. The zero-order valence-electron chi connectivity index (χ0n) is 14.6. The van der Waals surface area contributed by atoms with Gasteiger partial charge in [-0.3, -0.25) is 9.69 Å². The molecule has 0 aromatic heterocycles. The summed E-state index contributed by atoms with van der Waals surface area (Å²) < 4.78 is 11.5. The second-order valence-corrected chi connectivity index (χ2v) is 6.27. The van der Waals surface area contributed by atoms with Gasteiger partial charge in [0.05, 0.1) is 13.2 Å². The third-order valence-electron chi connectivity index (χ3n) is 3.43. The summed E-state index contributed by atoms with van der Waals surface area (Å²) in [4.78, 5) is 13.8. The minimum absolute atomic E-state index is 0.111. The molecule has 1 saturated heterocycles. The quantitative estimate of drug-likeness (QED) is 0.606. The van der Waals surface area contributed by atoms with Gasteiger partial charge < -0.3 is 14.8 Å². The lowest BCUT2D eigenvalue weighted by Crippen LogP contribution is -2.30. The number of hydrogen-bond donors (Lipinski definition) is 1. The summed E-state index contributed by atoms with van der Waals surface area (Å²) in [6.45, 7) is 9.73. The zero-order valence-corrected chi connectivity index (χ0v) is 15.4. The van der Waals surface area contributed by atoms with Crippen LogP contribution in [0.4, 0.5) is 0 Å². The highest BCUT2D eigenvalue weighted by Crippen LogP contribution is 2.30. The monoisotopic (exact) mass is 348 g/mol. The number of carbonyl (C=O) groups excluding carboxylic acids is 1. The van der Waals surface area contributed by atoms with Crippen molar-refractivity contribution in [3.8, 4) is 11.5 Å². The molecule has 5 nitrogen and oxygen atoms in total. The Kier molecular flexibility index (Phi) is 6.20. The van der Waals surface area contributed by atoms with E-state index in [2.05, 4.69) is 19.2 Å². The molecule has 130 valence electrons. The minimum atomic E-state index is -0.111. The lowest BCUT2D eigenvalue weighted by molar-refractivity contribution is -0.122. The second kappa shape index (κ2) is 8.15. The van der Waals surface area contributed by atoms with E-state index in [1.54, 1.807) is 6.08 Å². The molecule has 6 heteroatoms. The summed E-state index contributed by atoms with van der Waals surface area (Å²) in [5.74, 6) is 1.71. The molecule has 1 aromatic carbocycles. The standard InChI is InChI=1S/C18H24N2O3S/c1-5-20-17(21)14(19-18(20)24)9-13-7-8-15(23-11-12(3)4)16(10-13)22-6-2/h7-10,12H,5-6,11H2,1-4H3,(H,19,24)/b14-9-. The molecule has 0 radical (unpaired) electrons. The molecule has 1 aromatic rings. The van der Waals surface area contributed by atoms with Crippen LogP contribution in [-0.2, 0) is 4.79 Å². The third kappa shape index (κ3) is 4.26. The van der Waals surface area contributed by atoms with E-state index >= 15 is 0 Å². The Morgan fingerprint density at radius 1 is 1.25 bits per heavy atom. The molecular weight excluding hydrogens is 324 g/mol. The summed E-state index contributed by atoms with van der Waals surface area (Å²) in [6, 6.07) is 5.64. The maximum absolute atomic E-state index is 12.3. The van der Waals surface area contributed by atoms with Crippen molar-refractivity contribution in [1.82, 2.24) is 10.2 Å². The number of carbonyl (C=O) groups is 1. The normalized spacial score (nSPS) is 16.0. The van der Waals surface area contributed by atoms with E-state index in [1.165, 1.54) is 4.90 Å². The zero-order chi connectivity index (χ0) is 17.7. The number of likely N-dealkylation sites (N-methyl/N-ethyl adjacent to an activating group) is 1. The van der Waals surface area contributed by atoms with Crippen molar-refractivity contribution in [1.29, 1.82) is 0 Å². The van der Waals surface area contributed by atoms with E-state index in [0.717, 1.165) is 5.56 Å². The van der Waals surface area contributed by atoms with E-state index in [0.29, 0.717) is 48.0 Å². The lowest BCUT2D eigenvalue weighted by atomic mass is 10.1. The SMILES string of the molecule is CCOc1cc(/C=C2\NC(=S)N(CC)C2=O)ccc1OCC(C)C. The van der Waals surface area contributed by atoms with Gasteiger partial charge in [-0.15, -0.1) is 0 Å². The van der Waals surface area contributed by atoms with Crippen LogP contribution < -0.4 is 14.8 Å². The topological polar surface area (TPSA) is 50.8 Å². The number of ether oxygens (including phenoxy) is 2. The van der Waals surface area contributed by atoms with Gasteiger partial charge in [0.15, 0.2) is 16.6 Å². The molecule has 0 saturated carbocycles. The van der Waals surface area contributed by atoms with Gasteiger partial charge in [0.1, 0.15) is 5.70 Å². The van der Waals surface area contributed by atoms with Crippen molar-refractivity contribution in [2.24, 2.45) is 5.92 Å². The van der Waals surface area contributed by atoms with Gasteiger partial charge in [-0.2, -0.15) is 0 Å². The number of nitrogens with zero attached hydrogens (tertiary/aromatic N) is 1. The van der Waals surface area contributed by atoms with Crippen LogP contribution in [0, 0.1) is 5.92 Å². The maximum Gasteiger partial charge on any atom is 0.276 e. The Balaban J connectivity index is 2.25. The van der Waals surface area contributed by atoms with Crippen LogP contribution in [0.1, 0.15) is 33.3 Å². The van der Waals surface area contributed by atoms with Crippen molar-refractivity contribution < 1.29 is 14.3 Å². The third-order valence-corrected chi connectivity index (χ3v) is 3.75. The Morgan fingerprint density at radius 2 is 2.00 bits per heavy atom. The molecule has 1 amide bonds. The first-order valence-electron chi connectivity index (χ1n) is 8.20. The van der Waals surface area contributed by atoms with Gasteiger partial charge in [0.25, 0.3) is 5.91 Å². The van der Waals surface area contributed by atoms with Gasteiger partial charge >= 0.3 is 0 Å². The van der Waals surface area contributed by atoms with Crippen molar-refractivity contribution in [2.45, 2.75) is 27.7 Å². The Morgan fingerprint density at radius 3 is 2.58 bits per heavy atom. The average Bonchev–Trinajstić information content (AvgIpc) is 2.80. The molecule has 1 fully saturated rings. The molecule has 0 bridgehead atoms. The summed E-state index contributed by atoms with van der Waals surface area (Å²) in [7, 11) is 0. The van der Waals surface area contributed by atoms with Gasteiger partial charge in [0.2, 0.25) is 0 Å². The molecule has 1 N–H and O–H groups in total. The number of amides is 1. The van der Waals surface area contributed by atoms with Crippen LogP contribution in [0.2, 0.25) is 0 Å². The van der Waals surface area contributed by atoms with Crippen molar-refractivity contribution in [3.63, 3.8) is 0 Å². The van der Waals surface area contributed by atoms with Gasteiger partial charge in [-0.1, -0.05) is 19.9 Å². The molecule has 24 heavy (non-hydrogen) atoms. The largest absolute Gasteiger partial charge is 0.490 e. The Hall–Kier alpha value is -2.08. The number of benzene rings is 1. The first kappa shape index (κ1) is 18.3. The highest BCUT2D eigenvalue weighted by atomic mass is 32.1. The average molecular weight is 348 g/mol. The molecule has 0 aliphatic carbocycles. The minimum Gasteiger partial charge on any atom is -0.490 e. The van der Waals surface area contributed by atoms with Crippen molar-refractivity contribution in [2.75, 3.05) is 19.8 Å². The van der Waals surface area contributed by atoms with Crippen LogP contribution in [-0.4, -0.2) is 35.7 Å². The van der Waals surface area contributed by atoms with Crippen LogP contribution in [0.25, 0.3) is 6.08 Å². The predicted molar refractivity (Wildman–Crippen MR) is 99.0 cm³/mol. The highest BCUT2D eigenvalue weighted by Gasteiger charge is 2.29. The maximum atomic E-state index is 12.3. The first-order chi connectivity index (χ1) is 11.5. The van der Waals surface area contributed by atoms with Gasteiger partial charge in [-0.05, 0) is 55.8 Å². The number of rotatable bonds is 7. The number of nitrogens with one attached hydrogen (secondary N) is 1. The fourth-order valence-electron chi connectivity index (χ4n) is 2.28. The smallest absolute Gasteiger partial charge is 0.276 e. The van der Waals surface area contributed by atoms with Crippen molar-refractivity contribution >= 4 is 29.3 Å². The lowest BCUT2D eigenvalue weighted by Gasteiger charge is -2.14. The van der Waals surface area contributed by atoms with E-state index in [4.69, 9.17) is 21.7 Å². The van der Waals surface area contributed by atoms with Crippen LogP contribution in [0.3, 0.4) is 0 Å². The molecule has 0 spiro atoms. The van der Waals surface area contributed by atoms with E-state index in [-0.39, 0.29) is 5.91 Å². The van der Waals surface area contributed by atoms with Crippen LogP contribution >= 0.6 is 12.2 Å². The second-order valence-electron chi connectivity index (χ2n) is 5.88. The first-order valence-corrected chi connectivity index (χ1v) is 8.61. The predicted octanol–water partition coefficient (Wildman–Crippen LogP) is 3.20. The summed E-state index contributed by atoms with van der Waals surface area (Å²) >= 11 is 5.17. The highest BCUT2D eigenvalue weighted by molar-refractivity contribution is 7.80. The summed E-state index contributed by atoms with van der Waals surface area (Å²) in [6.07, 6.45) is 1.78. The molecule has 0 atom stereocenters. The fraction of sp³-hybridized carbons (Fsp3) is 0.444. The van der Waals surface area contributed by atoms with E-state index in [1.807, 2.05) is 32.0 Å². The Labute approximate surface area is 148 Å². The molecule has 1 heterocycles.